The van der Waals surface area contributed by atoms with Crippen LogP contribution in [0.3, 0.4) is 0 Å². The molecule has 1 N–H and O–H groups in total. The van der Waals surface area contributed by atoms with Crippen molar-refractivity contribution in [1.82, 2.24) is 4.90 Å². The summed E-state index contributed by atoms with van der Waals surface area (Å²) in [5.74, 6) is 0.540. The predicted octanol–water partition coefficient (Wildman–Crippen LogP) is 0.0174. The Hall–Kier alpha value is -0.341. The summed E-state index contributed by atoms with van der Waals surface area (Å²) >= 11 is 0.431. The molecule has 50 valence electrons. The Morgan fingerprint density at radius 1 is 1.67 bits per heavy atom. The first-order valence-corrected chi connectivity index (χ1v) is 4.73. The van der Waals surface area contributed by atoms with Gasteiger partial charge in [-0.3, -0.25) is 0 Å². The van der Waals surface area contributed by atoms with Gasteiger partial charge in [0, 0.05) is 0 Å². The molecule has 0 saturated carbocycles. The second-order valence-electron chi connectivity index (χ2n) is 2.02. The van der Waals surface area contributed by atoms with Gasteiger partial charge in [0.15, 0.2) is 0 Å². The standard InChI is InChI=1S/C5H9N3Se/c1-8(2)5-7-4(6)3-9-5/h6H,3H2,1-2H3. The third-order valence-electron chi connectivity index (χ3n) is 0.951. The molecule has 0 saturated heterocycles. The molecule has 0 radical (unpaired) electrons. The number of nitrogens with one attached hydrogen (secondary N) is 1. The summed E-state index contributed by atoms with van der Waals surface area (Å²) in [6.07, 6.45) is 0. The van der Waals surface area contributed by atoms with Gasteiger partial charge in [-0.1, -0.05) is 0 Å². The minimum atomic E-state index is 0.431. The van der Waals surface area contributed by atoms with Gasteiger partial charge in [0.05, 0.1) is 0 Å². The number of hydrogen-bond acceptors (Lipinski definition) is 2. The van der Waals surface area contributed by atoms with E-state index in [0.29, 0.717) is 20.8 Å². The van der Waals surface area contributed by atoms with Crippen LogP contribution >= 0.6 is 0 Å². The van der Waals surface area contributed by atoms with Crippen LogP contribution in [0.4, 0.5) is 0 Å². The normalized spacial score (nSPS) is 18.0. The van der Waals surface area contributed by atoms with Crippen molar-refractivity contribution in [3.05, 3.63) is 0 Å². The zero-order chi connectivity index (χ0) is 6.85. The van der Waals surface area contributed by atoms with E-state index in [2.05, 4.69) is 4.99 Å². The molecular formula is C5H9N3Se. The van der Waals surface area contributed by atoms with Crippen LogP contribution in [-0.2, 0) is 0 Å². The molecule has 0 aromatic carbocycles. The molecule has 4 heteroatoms. The van der Waals surface area contributed by atoms with Crippen molar-refractivity contribution in [3.8, 4) is 0 Å². The minimum absolute atomic E-state index is 0.431. The van der Waals surface area contributed by atoms with Crippen LogP contribution in [0.2, 0.25) is 5.32 Å². The SMILES string of the molecule is CN(C)C1=NC(=N)C[Se]1. The maximum atomic E-state index is 7.17. The van der Waals surface area contributed by atoms with E-state index in [1.165, 1.54) is 0 Å². The van der Waals surface area contributed by atoms with Gasteiger partial charge in [-0.2, -0.15) is 0 Å². The average molecular weight is 190 g/mol. The van der Waals surface area contributed by atoms with Crippen molar-refractivity contribution in [3.63, 3.8) is 0 Å². The molecule has 0 bridgehead atoms. The molecular weight excluding hydrogens is 181 g/mol. The Labute approximate surface area is 60.8 Å². The molecule has 0 atom stereocenters. The number of aliphatic imine (C=N–C) groups is 1. The summed E-state index contributed by atoms with van der Waals surface area (Å²) in [6, 6.07) is 0. The Kier molecular flexibility index (Phi) is 1.88. The molecule has 0 unspecified atom stereocenters. The van der Waals surface area contributed by atoms with Crippen LogP contribution in [0.1, 0.15) is 0 Å². The predicted molar refractivity (Wildman–Crippen MR) is 39.4 cm³/mol. The first-order chi connectivity index (χ1) is 4.20. The van der Waals surface area contributed by atoms with Gasteiger partial charge < -0.3 is 0 Å². The maximum absolute atomic E-state index is 7.17. The fourth-order valence-electron chi connectivity index (χ4n) is 0.542. The molecule has 0 aliphatic carbocycles. The van der Waals surface area contributed by atoms with Gasteiger partial charge in [0.2, 0.25) is 0 Å². The van der Waals surface area contributed by atoms with E-state index < -0.39 is 0 Å². The van der Waals surface area contributed by atoms with Crippen molar-refractivity contribution in [1.29, 1.82) is 5.41 Å². The van der Waals surface area contributed by atoms with E-state index >= 15 is 0 Å². The Morgan fingerprint density at radius 3 is 2.56 bits per heavy atom. The number of amidine groups is 2. The van der Waals surface area contributed by atoms with Crippen molar-refractivity contribution < 1.29 is 0 Å². The van der Waals surface area contributed by atoms with Gasteiger partial charge in [0.1, 0.15) is 0 Å². The fraction of sp³-hybridized carbons (Fsp3) is 0.600. The summed E-state index contributed by atoms with van der Waals surface area (Å²) in [7, 11) is 3.94. The molecule has 1 heterocycles. The quantitative estimate of drug-likeness (QED) is 0.537. The van der Waals surface area contributed by atoms with Crippen molar-refractivity contribution >= 4 is 25.5 Å². The van der Waals surface area contributed by atoms with Gasteiger partial charge in [-0.15, -0.1) is 0 Å². The molecule has 3 nitrogen and oxygen atoms in total. The van der Waals surface area contributed by atoms with E-state index in [-0.39, 0.29) is 0 Å². The molecule has 0 fully saturated rings. The molecule has 0 aromatic heterocycles. The van der Waals surface area contributed by atoms with Gasteiger partial charge >= 0.3 is 60.2 Å². The summed E-state index contributed by atoms with van der Waals surface area (Å²) in [6.45, 7) is 0. The van der Waals surface area contributed by atoms with E-state index in [9.17, 15) is 0 Å². The third-order valence-corrected chi connectivity index (χ3v) is 3.33. The fourth-order valence-corrected chi connectivity index (χ4v) is 2.14. The van der Waals surface area contributed by atoms with Crippen LogP contribution in [0, 0.1) is 5.41 Å². The van der Waals surface area contributed by atoms with Crippen molar-refractivity contribution in [2.24, 2.45) is 4.99 Å². The number of nitrogens with zero attached hydrogens (tertiary/aromatic N) is 2. The molecule has 1 aliphatic rings. The van der Waals surface area contributed by atoms with E-state index in [1.54, 1.807) is 0 Å². The third kappa shape index (κ3) is 1.53. The molecule has 0 amide bonds. The van der Waals surface area contributed by atoms with Crippen LogP contribution in [0.25, 0.3) is 0 Å². The molecule has 1 aliphatic heterocycles. The van der Waals surface area contributed by atoms with Crippen molar-refractivity contribution in [2.75, 3.05) is 14.1 Å². The number of rotatable bonds is 0. The van der Waals surface area contributed by atoms with Crippen molar-refractivity contribution in [2.45, 2.75) is 5.32 Å². The average Bonchev–Trinajstić information content (AvgIpc) is 2.14. The monoisotopic (exact) mass is 191 g/mol. The van der Waals surface area contributed by atoms with Gasteiger partial charge in [-0.25, -0.2) is 0 Å². The van der Waals surface area contributed by atoms with Gasteiger partial charge in [-0.05, 0) is 0 Å². The first kappa shape index (κ1) is 6.77. The van der Waals surface area contributed by atoms with Gasteiger partial charge in [0.25, 0.3) is 0 Å². The summed E-state index contributed by atoms with van der Waals surface area (Å²) in [5.41, 5.74) is 0. The Balaban J connectivity index is 2.62. The zero-order valence-corrected chi connectivity index (χ0v) is 7.22. The van der Waals surface area contributed by atoms with E-state index in [0.717, 1.165) is 10.1 Å². The first-order valence-electron chi connectivity index (χ1n) is 2.66. The Bertz CT molecular complexity index is 162. The zero-order valence-electron chi connectivity index (χ0n) is 5.51. The van der Waals surface area contributed by atoms with E-state index in [1.807, 2.05) is 19.0 Å². The topological polar surface area (TPSA) is 39.5 Å². The summed E-state index contributed by atoms with van der Waals surface area (Å²) in [5, 5.41) is 8.05. The molecule has 0 aromatic rings. The van der Waals surface area contributed by atoms with Crippen LogP contribution in [0.5, 0.6) is 0 Å². The second kappa shape index (κ2) is 2.50. The second-order valence-corrected chi connectivity index (χ2v) is 4.00. The number of hydrogen-bond donors (Lipinski definition) is 1. The molecule has 0 spiro atoms. The molecule has 1 rings (SSSR count). The Morgan fingerprint density at radius 2 is 2.33 bits per heavy atom. The van der Waals surface area contributed by atoms with Crippen LogP contribution < -0.4 is 0 Å². The molecule has 9 heavy (non-hydrogen) atoms. The van der Waals surface area contributed by atoms with E-state index in [4.69, 9.17) is 5.41 Å². The van der Waals surface area contributed by atoms with Crippen LogP contribution in [0.15, 0.2) is 4.99 Å². The van der Waals surface area contributed by atoms with Crippen LogP contribution in [-0.4, -0.2) is 44.5 Å². The summed E-state index contributed by atoms with van der Waals surface area (Å²) < 4.78 is 1.09. The summed E-state index contributed by atoms with van der Waals surface area (Å²) in [4.78, 5) is 6.03.